The van der Waals surface area contributed by atoms with Crippen LogP contribution in [0.15, 0.2) is 60.8 Å². The molecule has 0 unspecified atom stereocenters. The van der Waals surface area contributed by atoms with E-state index in [0.29, 0.717) is 16.8 Å². The first-order valence-corrected chi connectivity index (χ1v) is 9.73. The van der Waals surface area contributed by atoms with Crippen molar-refractivity contribution in [3.8, 4) is 5.75 Å². The maximum atomic E-state index is 12.1. The van der Waals surface area contributed by atoms with E-state index in [-0.39, 0.29) is 5.91 Å². The fourth-order valence-corrected chi connectivity index (χ4v) is 3.52. The van der Waals surface area contributed by atoms with E-state index in [1.165, 1.54) is 17.4 Å². The quantitative estimate of drug-likeness (QED) is 0.539. The van der Waals surface area contributed by atoms with Crippen LogP contribution in [0.4, 0.5) is 5.13 Å². The van der Waals surface area contributed by atoms with Gasteiger partial charge >= 0.3 is 0 Å². The Balaban J connectivity index is 1.55. The Morgan fingerprint density at radius 1 is 1.26 bits per heavy atom. The van der Waals surface area contributed by atoms with Crippen LogP contribution >= 0.6 is 22.9 Å². The molecule has 0 radical (unpaired) electrons. The van der Waals surface area contributed by atoms with Crippen molar-refractivity contribution in [3.05, 3.63) is 81.8 Å². The number of aromatic nitrogens is 1. The molecule has 6 heteroatoms. The third kappa shape index (κ3) is 5.94. The molecule has 2 aromatic carbocycles. The van der Waals surface area contributed by atoms with Gasteiger partial charge in [-0.3, -0.25) is 10.1 Å². The van der Waals surface area contributed by atoms with Crippen LogP contribution in [0.3, 0.4) is 0 Å². The number of anilines is 1. The molecule has 0 atom stereocenters. The van der Waals surface area contributed by atoms with Crippen molar-refractivity contribution >= 4 is 40.1 Å². The highest BCUT2D eigenvalue weighted by Gasteiger charge is 2.06. The number of amides is 1. The molecule has 0 saturated carbocycles. The predicted molar refractivity (Wildman–Crippen MR) is 112 cm³/mol. The first-order chi connectivity index (χ1) is 13.1. The number of thiazole rings is 1. The van der Waals surface area contributed by atoms with E-state index in [2.05, 4.69) is 10.3 Å². The average Bonchev–Trinajstić information content (AvgIpc) is 3.08. The number of hydrogen-bond donors (Lipinski definition) is 1. The van der Waals surface area contributed by atoms with E-state index in [1.54, 1.807) is 12.3 Å². The number of ether oxygens (including phenoxy) is 1. The molecule has 0 aliphatic carbocycles. The van der Waals surface area contributed by atoms with Gasteiger partial charge < -0.3 is 4.74 Å². The van der Waals surface area contributed by atoms with Crippen LogP contribution in [0.5, 0.6) is 5.75 Å². The van der Waals surface area contributed by atoms with Crippen molar-refractivity contribution in [2.24, 2.45) is 0 Å². The summed E-state index contributed by atoms with van der Waals surface area (Å²) >= 11 is 7.47. The van der Waals surface area contributed by atoms with Crippen molar-refractivity contribution in [1.29, 1.82) is 0 Å². The largest absolute Gasteiger partial charge is 0.494 e. The van der Waals surface area contributed by atoms with E-state index in [4.69, 9.17) is 16.3 Å². The van der Waals surface area contributed by atoms with Crippen LogP contribution in [-0.2, 0) is 11.2 Å². The highest BCUT2D eigenvalue weighted by Crippen LogP contribution is 2.22. The SMILES string of the molecule is CCOc1ccc(/C=C/C(=O)Nc2ncc(Cc3cccc(Cl)c3)s2)cc1. The second-order valence-corrected chi connectivity index (χ2v) is 7.31. The number of carbonyl (C=O) groups is 1. The van der Waals surface area contributed by atoms with Gasteiger partial charge in [-0.2, -0.15) is 0 Å². The maximum Gasteiger partial charge on any atom is 0.250 e. The molecule has 0 saturated heterocycles. The van der Waals surface area contributed by atoms with E-state index in [0.717, 1.165) is 28.2 Å². The highest BCUT2D eigenvalue weighted by atomic mass is 35.5. The van der Waals surface area contributed by atoms with Crippen LogP contribution < -0.4 is 10.1 Å². The smallest absolute Gasteiger partial charge is 0.250 e. The molecule has 0 spiro atoms. The molecule has 0 bridgehead atoms. The predicted octanol–water partition coefficient (Wildman–Crippen LogP) is 5.44. The van der Waals surface area contributed by atoms with Crippen LogP contribution in [0.2, 0.25) is 5.02 Å². The highest BCUT2D eigenvalue weighted by molar-refractivity contribution is 7.15. The zero-order valence-electron chi connectivity index (χ0n) is 14.8. The van der Waals surface area contributed by atoms with Gasteiger partial charge in [0.05, 0.1) is 6.61 Å². The molecule has 4 nitrogen and oxygen atoms in total. The summed E-state index contributed by atoms with van der Waals surface area (Å²) in [5.74, 6) is 0.599. The molecule has 0 fully saturated rings. The van der Waals surface area contributed by atoms with E-state index >= 15 is 0 Å². The number of halogens is 1. The second kappa shape index (κ2) is 9.35. The van der Waals surface area contributed by atoms with Crippen molar-refractivity contribution in [1.82, 2.24) is 4.98 Å². The Labute approximate surface area is 167 Å². The molecule has 1 aromatic heterocycles. The lowest BCUT2D eigenvalue weighted by Crippen LogP contribution is -2.07. The Hall–Kier alpha value is -2.63. The molecular weight excluding hydrogens is 380 g/mol. The number of nitrogens with one attached hydrogen (secondary N) is 1. The molecule has 1 amide bonds. The Morgan fingerprint density at radius 3 is 2.81 bits per heavy atom. The van der Waals surface area contributed by atoms with Crippen LogP contribution in [-0.4, -0.2) is 17.5 Å². The van der Waals surface area contributed by atoms with Gasteiger partial charge in [-0.05, 0) is 48.4 Å². The van der Waals surface area contributed by atoms with Gasteiger partial charge in [0.2, 0.25) is 5.91 Å². The van der Waals surface area contributed by atoms with Crippen LogP contribution in [0, 0.1) is 0 Å². The Bertz CT molecular complexity index is 935. The fraction of sp³-hybridized carbons (Fsp3) is 0.143. The van der Waals surface area contributed by atoms with Crippen molar-refractivity contribution in [2.45, 2.75) is 13.3 Å². The topological polar surface area (TPSA) is 51.2 Å². The first-order valence-electron chi connectivity index (χ1n) is 8.53. The third-order valence-electron chi connectivity index (χ3n) is 3.67. The van der Waals surface area contributed by atoms with Crippen molar-refractivity contribution < 1.29 is 9.53 Å². The lowest BCUT2D eigenvalue weighted by Gasteiger charge is -2.02. The standard InChI is InChI=1S/C21H19ClN2O2S/c1-2-26-18-9-6-15(7-10-18)8-11-20(25)24-21-23-14-19(27-21)13-16-4-3-5-17(22)12-16/h3-12,14H,2,13H2,1H3,(H,23,24,25)/b11-8+. The Morgan fingerprint density at radius 2 is 2.07 bits per heavy atom. The molecular formula is C21H19ClN2O2S. The number of nitrogens with zero attached hydrogens (tertiary/aromatic N) is 1. The molecule has 3 rings (SSSR count). The van der Waals surface area contributed by atoms with Crippen LogP contribution in [0.1, 0.15) is 22.9 Å². The van der Waals surface area contributed by atoms with Crippen molar-refractivity contribution in [2.75, 3.05) is 11.9 Å². The summed E-state index contributed by atoms with van der Waals surface area (Å²) in [5, 5.41) is 4.08. The van der Waals surface area contributed by atoms with Gasteiger partial charge in [0.15, 0.2) is 5.13 Å². The summed E-state index contributed by atoms with van der Waals surface area (Å²) in [6, 6.07) is 15.3. The Kier molecular flexibility index (Phi) is 6.63. The van der Waals surface area contributed by atoms with Gasteiger partial charge in [0.25, 0.3) is 0 Å². The van der Waals surface area contributed by atoms with Crippen molar-refractivity contribution in [3.63, 3.8) is 0 Å². The van der Waals surface area contributed by atoms with Gasteiger partial charge in [-0.15, -0.1) is 11.3 Å². The van der Waals surface area contributed by atoms with Gasteiger partial charge in [-0.1, -0.05) is 35.9 Å². The van der Waals surface area contributed by atoms with Gasteiger partial charge in [0.1, 0.15) is 5.75 Å². The summed E-state index contributed by atoms with van der Waals surface area (Å²) in [4.78, 5) is 17.4. The third-order valence-corrected chi connectivity index (χ3v) is 4.82. The first kappa shape index (κ1) is 19.1. The van der Waals surface area contributed by atoms with E-state index in [1.807, 2.05) is 55.5 Å². The molecule has 0 aliphatic heterocycles. The average molecular weight is 399 g/mol. The normalized spacial score (nSPS) is 10.9. The molecule has 138 valence electrons. The van der Waals surface area contributed by atoms with E-state index in [9.17, 15) is 4.79 Å². The summed E-state index contributed by atoms with van der Waals surface area (Å²) in [7, 11) is 0. The molecule has 1 heterocycles. The molecule has 27 heavy (non-hydrogen) atoms. The summed E-state index contributed by atoms with van der Waals surface area (Å²) in [5.41, 5.74) is 2.04. The van der Waals surface area contributed by atoms with Crippen LogP contribution in [0.25, 0.3) is 6.08 Å². The zero-order chi connectivity index (χ0) is 19.1. The summed E-state index contributed by atoms with van der Waals surface area (Å²) in [6.45, 7) is 2.57. The molecule has 0 aliphatic rings. The minimum absolute atomic E-state index is 0.215. The lowest BCUT2D eigenvalue weighted by atomic mass is 10.1. The number of carbonyl (C=O) groups excluding carboxylic acids is 1. The summed E-state index contributed by atoms with van der Waals surface area (Å²) < 4.78 is 5.40. The minimum Gasteiger partial charge on any atom is -0.494 e. The van der Waals surface area contributed by atoms with Gasteiger partial charge in [0, 0.05) is 28.6 Å². The number of hydrogen-bond acceptors (Lipinski definition) is 4. The molecule has 3 aromatic rings. The monoisotopic (exact) mass is 398 g/mol. The summed E-state index contributed by atoms with van der Waals surface area (Å²) in [6.07, 6.45) is 5.76. The van der Waals surface area contributed by atoms with Gasteiger partial charge in [-0.25, -0.2) is 4.98 Å². The lowest BCUT2D eigenvalue weighted by molar-refractivity contribution is -0.111. The maximum absolute atomic E-state index is 12.1. The van der Waals surface area contributed by atoms with E-state index < -0.39 is 0 Å². The fourth-order valence-electron chi connectivity index (χ4n) is 2.46. The number of rotatable bonds is 7. The minimum atomic E-state index is -0.215. The zero-order valence-corrected chi connectivity index (χ0v) is 16.4. The molecule has 1 N–H and O–H groups in total. The number of benzene rings is 2. The second-order valence-electron chi connectivity index (χ2n) is 5.76.